The van der Waals surface area contributed by atoms with E-state index in [1.807, 2.05) is 18.5 Å². The van der Waals surface area contributed by atoms with Crippen LogP contribution in [0, 0.1) is 0 Å². The van der Waals surface area contributed by atoms with Crippen molar-refractivity contribution in [2.24, 2.45) is 0 Å². The van der Waals surface area contributed by atoms with Gasteiger partial charge in [-0.15, -0.1) is 11.3 Å². The van der Waals surface area contributed by atoms with E-state index in [0.717, 1.165) is 4.83 Å². The van der Waals surface area contributed by atoms with E-state index >= 15 is 0 Å². The number of fused-ring (bicyclic) bond motifs is 3. The molecular weight excluding hydrogens is 182 g/mol. The molecule has 0 saturated carbocycles. The van der Waals surface area contributed by atoms with Crippen LogP contribution in [0.4, 0.5) is 0 Å². The first-order valence-electron chi connectivity index (χ1n) is 4.11. The predicted molar refractivity (Wildman–Crippen MR) is 53.8 cm³/mol. The van der Waals surface area contributed by atoms with Crippen molar-refractivity contribution in [1.82, 2.24) is 4.98 Å². The number of nitrogens with zero attached hydrogens (tertiary/aromatic N) is 1. The lowest BCUT2D eigenvalue weighted by molar-refractivity contribution is 0.347. The first-order chi connectivity index (χ1) is 6.45. The lowest BCUT2D eigenvalue weighted by Crippen LogP contribution is -2.22. The molecule has 0 bridgehead atoms. The summed E-state index contributed by atoms with van der Waals surface area (Å²) in [4.78, 5) is 5.40. The topological polar surface area (TPSA) is 22.1 Å². The van der Waals surface area contributed by atoms with Crippen molar-refractivity contribution < 1.29 is 4.74 Å². The Hall–Kier alpha value is -1.35. The number of rotatable bonds is 0. The first-order valence-corrected chi connectivity index (χ1v) is 4.92. The second kappa shape index (κ2) is 2.57. The van der Waals surface area contributed by atoms with Crippen molar-refractivity contribution in [3.8, 4) is 0 Å². The van der Waals surface area contributed by atoms with Crippen LogP contribution in [-0.2, 0) is 4.74 Å². The van der Waals surface area contributed by atoms with E-state index in [2.05, 4.69) is 17.1 Å². The second-order valence-corrected chi connectivity index (χ2v) is 3.92. The fourth-order valence-corrected chi connectivity index (χ4v) is 2.55. The molecule has 2 nitrogen and oxygen atoms in total. The highest BCUT2D eigenvalue weighted by molar-refractivity contribution is 7.16. The summed E-state index contributed by atoms with van der Waals surface area (Å²) in [6, 6.07) is 4.08. The van der Waals surface area contributed by atoms with Crippen molar-refractivity contribution in [1.29, 1.82) is 0 Å². The average molecular weight is 189 g/mol. The van der Waals surface area contributed by atoms with Crippen LogP contribution in [0.3, 0.4) is 0 Å². The van der Waals surface area contributed by atoms with Crippen molar-refractivity contribution in [2.75, 3.05) is 6.61 Å². The summed E-state index contributed by atoms with van der Waals surface area (Å²) < 4.78 is 6.41. The summed E-state index contributed by atoms with van der Waals surface area (Å²) in [5, 5.41) is 2.52. The molecule has 0 amide bonds. The van der Waals surface area contributed by atoms with Gasteiger partial charge in [0.15, 0.2) is 0 Å². The van der Waals surface area contributed by atoms with Gasteiger partial charge in [0.1, 0.15) is 17.7 Å². The molecule has 3 heteroatoms. The van der Waals surface area contributed by atoms with E-state index in [0.29, 0.717) is 6.61 Å². The number of ether oxygens (including phenoxy) is 1. The van der Waals surface area contributed by atoms with Gasteiger partial charge >= 0.3 is 0 Å². The molecule has 0 N–H and O–H groups in total. The summed E-state index contributed by atoms with van der Waals surface area (Å²) in [6.45, 7) is 0.674. The van der Waals surface area contributed by atoms with Crippen LogP contribution < -0.4 is 9.75 Å². The largest absolute Gasteiger partial charge is 0.496 e. The molecule has 64 valence electrons. The predicted octanol–water partition coefficient (Wildman–Crippen LogP) is 0.845. The lowest BCUT2D eigenvalue weighted by Gasteiger charge is -1.97. The Bertz CT molecular complexity index is 570. The molecule has 0 aromatic carbocycles. The molecule has 0 saturated heterocycles. The minimum absolute atomic E-state index is 0.674. The van der Waals surface area contributed by atoms with Gasteiger partial charge in [-0.05, 0) is 18.2 Å². The summed E-state index contributed by atoms with van der Waals surface area (Å²) in [5.41, 5.74) is 0. The molecule has 13 heavy (non-hydrogen) atoms. The molecule has 0 unspecified atom stereocenters. The van der Waals surface area contributed by atoms with Crippen molar-refractivity contribution in [2.45, 2.75) is 0 Å². The quantitative estimate of drug-likeness (QED) is 0.613. The van der Waals surface area contributed by atoms with E-state index in [1.54, 1.807) is 11.3 Å². The maximum atomic E-state index is 5.23. The molecule has 3 rings (SSSR count). The maximum Gasteiger partial charge on any atom is 0.124 e. The molecule has 0 radical (unpaired) electrons. The Morgan fingerprint density at radius 3 is 3.46 bits per heavy atom. The molecule has 2 aromatic heterocycles. The molecular formula is C10H7NOS. The molecule has 2 aromatic rings. The van der Waals surface area contributed by atoms with E-state index < -0.39 is 0 Å². The monoisotopic (exact) mass is 189 g/mol. The van der Waals surface area contributed by atoms with Gasteiger partial charge in [0, 0.05) is 16.8 Å². The van der Waals surface area contributed by atoms with Gasteiger partial charge in [-0.3, -0.25) is 0 Å². The average Bonchev–Trinajstić information content (AvgIpc) is 2.56. The van der Waals surface area contributed by atoms with E-state index in [4.69, 9.17) is 4.74 Å². The lowest BCUT2D eigenvalue weighted by atomic mass is 10.2. The van der Waals surface area contributed by atoms with E-state index in [9.17, 15) is 0 Å². The number of aromatic nitrogens is 1. The van der Waals surface area contributed by atoms with Crippen LogP contribution in [-0.4, -0.2) is 11.6 Å². The molecule has 3 heterocycles. The molecule has 0 spiro atoms. The van der Waals surface area contributed by atoms with Crippen molar-refractivity contribution in [3.63, 3.8) is 0 Å². The van der Waals surface area contributed by atoms with Crippen LogP contribution in [0.5, 0.6) is 0 Å². The van der Waals surface area contributed by atoms with E-state index in [1.165, 1.54) is 15.1 Å². The van der Waals surface area contributed by atoms with Crippen LogP contribution in [0.25, 0.3) is 22.6 Å². The Morgan fingerprint density at radius 1 is 1.46 bits per heavy atom. The number of hydrogen-bond acceptors (Lipinski definition) is 3. The van der Waals surface area contributed by atoms with Crippen LogP contribution in [0.15, 0.2) is 18.3 Å². The molecule has 0 atom stereocenters. The van der Waals surface area contributed by atoms with Crippen LogP contribution >= 0.6 is 11.3 Å². The van der Waals surface area contributed by atoms with E-state index in [-0.39, 0.29) is 0 Å². The Balaban J connectivity index is 2.63. The Kier molecular flexibility index (Phi) is 1.40. The highest BCUT2D eigenvalue weighted by Gasteiger charge is 2.03. The second-order valence-electron chi connectivity index (χ2n) is 2.89. The van der Waals surface area contributed by atoms with Crippen LogP contribution in [0.2, 0.25) is 0 Å². The van der Waals surface area contributed by atoms with Gasteiger partial charge in [-0.25, -0.2) is 4.98 Å². The summed E-state index contributed by atoms with van der Waals surface area (Å²) in [7, 11) is 0. The first kappa shape index (κ1) is 7.09. The molecule has 0 fully saturated rings. The fourth-order valence-electron chi connectivity index (χ4n) is 1.52. The fraction of sp³-hybridized carbons (Fsp3) is 0.100. The SMILES string of the molecule is C1=c2sc3ncccc3c2=CCO1. The Labute approximate surface area is 78.8 Å². The van der Waals surface area contributed by atoms with Gasteiger partial charge < -0.3 is 4.74 Å². The van der Waals surface area contributed by atoms with Crippen molar-refractivity contribution >= 4 is 33.9 Å². The van der Waals surface area contributed by atoms with Gasteiger partial charge in [0.05, 0.1) is 4.53 Å². The molecule has 1 aliphatic heterocycles. The highest BCUT2D eigenvalue weighted by atomic mass is 32.1. The van der Waals surface area contributed by atoms with Gasteiger partial charge in [-0.1, -0.05) is 0 Å². The zero-order chi connectivity index (χ0) is 8.67. The third-order valence-electron chi connectivity index (χ3n) is 2.11. The molecule has 0 aliphatic carbocycles. The third kappa shape index (κ3) is 0.971. The molecule has 1 aliphatic rings. The highest BCUT2D eigenvalue weighted by Crippen LogP contribution is 2.09. The normalized spacial score (nSPS) is 14.2. The zero-order valence-electron chi connectivity index (χ0n) is 6.86. The van der Waals surface area contributed by atoms with Gasteiger partial charge in [0.2, 0.25) is 0 Å². The summed E-state index contributed by atoms with van der Waals surface area (Å²) in [6.07, 6.45) is 5.75. The summed E-state index contributed by atoms with van der Waals surface area (Å²) >= 11 is 1.68. The third-order valence-corrected chi connectivity index (χ3v) is 3.16. The maximum absolute atomic E-state index is 5.23. The zero-order valence-corrected chi connectivity index (χ0v) is 7.67. The Morgan fingerprint density at radius 2 is 2.46 bits per heavy atom. The van der Waals surface area contributed by atoms with Gasteiger partial charge in [-0.2, -0.15) is 0 Å². The number of hydrogen-bond donors (Lipinski definition) is 0. The van der Waals surface area contributed by atoms with Gasteiger partial charge in [0.25, 0.3) is 0 Å². The van der Waals surface area contributed by atoms with Crippen LogP contribution in [0.1, 0.15) is 0 Å². The number of pyridine rings is 1. The minimum atomic E-state index is 0.674. The minimum Gasteiger partial charge on any atom is -0.496 e. The summed E-state index contributed by atoms with van der Waals surface area (Å²) in [5.74, 6) is 0. The van der Waals surface area contributed by atoms with Crippen molar-refractivity contribution in [3.05, 3.63) is 28.1 Å². The smallest absolute Gasteiger partial charge is 0.124 e. The standard InChI is InChI=1S/C10H7NOS/c1-2-8-7-3-5-12-6-9(7)13-10(8)11-4-1/h1-4,6H,5H2. The number of thiophene rings is 1.